The average Bonchev–Trinajstić information content (AvgIpc) is 2.31. The Morgan fingerprint density at radius 2 is 1.80 bits per heavy atom. The van der Waals surface area contributed by atoms with E-state index in [0.717, 1.165) is 6.20 Å². The summed E-state index contributed by atoms with van der Waals surface area (Å²) in [6.07, 6.45) is -14.0. The van der Waals surface area contributed by atoms with Gasteiger partial charge in [0.1, 0.15) is 0 Å². The van der Waals surface area contributed by atoms with Crippen molar-refractivity contribution < 1.29 is 31.1 Å². The Morgan fingerprint density at radius 1 is 1.20 bits per heavy atom. The lowest BCUT2D eigenvalue weighted by atomic mass is 10.2. The molecule has 0 bridgehead atoms. The molecule has 0 unspecified atom stereocenters. The van der Waals surface area contributed by atoms with Gasteiger partial charge in [0.25, 0.3) is 6.10 Å². The van der Waals surface area contributed by atoms with Gasteiger partial charge in [-0.25, -0.2) is 4.98 Å². The molecule has 1 aromatic heterocycles. The van der Waals surface area contributed by atoms with E-state index < -0.39 is 24.3 Å². The number of nitrogens with one attached hydrogen (secondary N) is 1. The summed E-state index contributed by atoms with van der Waals surface area (Å²) in [7, 11) is 0. The van der Waals surface area contributed by atoms with E-state index in [1.54, 1.807) is 6.92 Å². The Bertz CT molecular complexity index is 418. The van der Waals surface area contributed by atoms with Gasteiger partial charge in [-0.2, -0.15) is 26.3 Å². The summed E-state index contributed by atoms with van der Waals surface area (Å²) in [6, 6.07) is 2.74. The summed E-state index contributed by atoms with van der Waals surface area (Å²) in [4.78, 5) is 3.44. The molecule has 0 saturated carbocycles. The Kier molecular flexibility index (Phi) is 5.21. The van der Waals surface area contributed by atoms with Crippen LogP contribution in [0.15, 0.2) is 18.3 Å². The first-order valence-corrected chi connectivity index (χ1v) is 5.61. The lowest BCUT2D eigenvalue weighted by Crippen LogP contribution is -2.46. The number of rotatable bonds is 5. The van der Waals surface area contributed by atoms with Crippen molar-refractivity contribution in [3.8, 4) is 5.88 Å². The van der Waals surface area contributed by atoms with E-state index in [0.29, 0.717) is 6.54 Å². The van der Waals surface area contributed by atoms with Gasteiger partial charge < -0.3 is 10.1 Å². The average molecular weight is 302 g/mol. The zero-order valence-electron chi connectivity index (χ0n) is 10.3. The molecular formula is C11H12F6N2O. The topological polar surface area (TPSA) is 34.2 Å². The molecule has 0 saturated heterocycles. The molecule has 20 heavy (non-hydrogen) atoms. The third-order valence-corrected chi connectivity index (χ3v) is 2.24. The second-order valence-electron chi connectivity index (χ2n) is 3.83. The maximum absolute atomic E-state index is 12.4. The second kappa shape index (κ2) is 6.29. The quantitative estimate of drug-likeness (QED) is 0.849. The van der Waals surface area contributed by atoms with Crippen molar-refractivity contribution in [2.24, 2.45) is 0 Å². The predicted octanol–water partition coefficient (Wildman–Crippen LogP) is 3.06. The van der Waals surface area contributed by atoms with E-state index in [9.17, 15) is 26.3 Å². The summed E-state index contributed by atoms with van der Waals surface area (Å²) in [5.41, 5.74) is 0.118. The molecule has 0 fully saturated rings. The van der Waals surface area contributed by atoms with Crippen LogP contribution in [0.5, 0.6) is 5.88 Å². The van der Waals surface area contributed by atoms with Crippen molar-refractivity contribution in [3.63, 3.8) is 0 Å². The van der Waals surface area contributed by atoms with Crippen LogP contribution in [0.2, 0.25) is 0 Å². The van der Waals surface area contributed by atoms with Crippen molar-refractivity contribution in [2.75, 3.05) is 6.54 Å². The maximum atomic E-state index is 12.4. The number of pyridine rings is 1. The molecule has 0 aromatic carbocycles. The van der Waals surface area contributed by atoms with Crippen LogP contribution in [0.3, 0.4) is 0 Å². The van der Waals surface area contributed by atoms with Crippen molar-refractivity contribution >= 4 is 0 Å². The number of ether oxygens (including phenoxy) is 1. The highest BCUT2D eigenvalue weighted by Gasteiger charge is 2.59. The molecule has 0 aliphatic carbocycles. The molecule has 1 heterocycles. The van der Waals surface area contributed by atoms with Crippen molar-refractivity contribution in [1.29, 1.82) is 0 Å². The van der Waals surface area contributed by atoms with Crippen LogP contribution in [-0.4, -0.2) is 30.0 Å². The third-order valence-electron chi connectivity index (χ3n) is 2.24. The van der Waals surface area contributed by atoms with E-state index >= 15 is 0 Å². The summed E-state index contributed by atoms with van der Waals surface area (Å²) < 4.78 is 78.5. The number of hydrogen-bond acceptors (Lipinski definition) is 3. The summed E-state index contributed by atoms with van der Waals surface area (Å²) in [5.74, 6) is -0.687. The lowest BCUT2D eigenvalue weighted by molar-refractivity contribution is -0.300. The molecular weight excluding hydrogens is 290 g/mol. The molecule has 114 valence electrons. The van der Waals surface area contributed by atoms with Crippen molar-refractivity contribution in [1.82, 2.24) is 10.3 Å². The number of hydrogen-bond donors (Lipinski definition) is 1. The predicted molar refractivity (Wildman–Crippen MR) is 58.1 cm³/mol. The van der Waals surface area contributed by atoms with Gasteiger partial charge in [-0.3, -0.25) is 0 Å². The van der Waals surface area contributed by atoms with Gasteiger partial charge in [0.05, 0.1) is 0 Å². The van der Waals surface area contributed by atoms with E-state index in [-0.39, 0.29) is 12.1 Å². The normalized spacial score (nSPS) is 12.8. The largest absolute Gasteiger partial charge is 0.454 e. The van der Waals surface area contributed by atoms with Gasteiger partial charge >= 0.3 is 12.4 Å². The van der Waals surface area contributed by atoms with Crippen LogP contribution >= 0.6 is 0 Å². The fourth-order valence-corrected chi connectivity index (χ4v) is 1.36. The van der Waals surface area contributed by atoms with Gasteiger partial charge in [0, 0.05) is 18.3 Å². The van der Waals surface area contributed by atoms with E-state index in [1.165, 1.54) is 12.1 Å². The van der Waals surface area contributed by atoms with Crippen LogP contribution in [0.4, 0.5) is 26.3 Å². The first kappa shape index (κ1) is 16.5. The minimum atomic E-state index is -5.56. The van der Waals surface area contributed by atoms with Gasteiger partial charge in [-0.15, -0.1) is 0 Å². The molecule has 0 radical (unpaired) electrons. The van der Waals surface area contributed by atoms with Crippen LogP contribution in [-0.2, 0) is 6.54 Å². The Labute approximate surface area is 110 Å². The minimum absolute atomic E-state index is 0.0576. The van der Waals surface area contributed by atoms with Crippen molar-refractivity contribution in [3.05, 3.63) is 23.9 Å². The standard InChI is InChI=1S/C11H12F6N2O/c1-2-18-6-7-4-3-5-19-8(7)20-9(10(12,13)14)11(15,16)17/h3-5,9,18H,2,6H2,1H3. The van der Waals surface area contributed by atoms with Gasteiger partial charge in [-0.05, 0) is 12.6 Å². The first-order valence-electron chi connectivity index (χ1n) is 5.61. The van der Waals surface area contributed by atoms with Gasteiger partial charge in [-0.1, -0.05) is 13.0 Å². The van der Waals surface area contributed by atoms with Gasteiger partial charge in [0.2, 0.25) is 5.88 Å². The van der Waals surface area contributed by atoms with Crippen LogP contribution < -0.4 is 10.1 Å². The summed E-state index contributed by atoms with van der Waals surface area (Å²) >= 11 is 0. The van der Waals surface area contributed by atoms with Gasteiger partial charge in [0.15, 0.2) is 0 Å². The first-order chi connectivity index (χ1) is 9.16. The molecule has 9 heteroatoms. The zero-order chi connectivity index (χ0) is 15.4. The van der Waals surface area contributed by atoms with Crippen LogP contribution in [0, 0.1) is 0 Å². The molecule has 3 nitrogen and oxygen atoms in total. The Hall–Kier alpha value is -1.51. The number of nitrogens with zero attached hydrogens (tertiary/aromatic N) is 1. The molecule has 0 amide bonds. The number of aromatic nitrogens is 1. The fraction of sp³-hybridized carbons (Fsp3) is 0.545. The van der Waals surface area contributed by atoms with Crippen LogP contribution in [0.25, 0.3) is 0 Å². The Morgan fingerprint density at radius 3 is 2.30 bits per heavy atom. The number of alkyl halides is 6. The molecule has 0 spiro atoms. The summed E-state index contributed by atoms with van der Waals surface area (Å²) in [6.45, 7) is 2.30. The molecule has 0 aliphatic rings. The fourth-order valence-electron chi connectivity index (χ4n) is 1.36. The SMILES string of the molecule is CCNCc1cccnc1OC(C(F)(F)F)C(F)(F)F. The highest BCUT2D eigenvalue weighted by atomic mass is 19.4. The summed E-state index contributed by atoms with van der Waals surface area (Å²) in [5, 5.41) is 2.77. The van der Waals surface area contributed by atoms with E-state index in [4.69, 9.17) is 0 Å². The third kappa shape index (κ3) is 4.55. The molecule has 0 aliphatic heterocycles. The second-order valence-corrected chi connectivity index (χ2v) is 3.83. The van der Waals surface area contributed by atoms with E-state index in [2.05, 4.69) is 15.0 Å². The molecule has 0 atom stereocenters. The highest BCUT2D eigenvalue weighted by molar-refractivity contribution is 5.25. The van der Waals surface area contributed by atoms with E-state index in [1.807, 2.05) is 0 Å². The molecule has 1 aromatic rings. The Balaban J connectivity index is 3.00. The highest BCUT2D eigenvalue weighted by Crippen LogP contribution is 2.36. The molecule has 1 rings (SSSR count). The number of halogens is 6. The maximum Gasteiger partial charge on any atom is 0.434 e. The minimum Gasteiger partial charge on any atom is -0.454 e. The lowest BCUT2D eigenvalue weighted by Gasteiger charge is -2.24. The smallest absolute Gasteiger partial charge is 0.434 e. The monoisotopic (exact) mass is 302 g/mol. The van der Waals surface area contributed by atoms with Crippen LogP contribution in [0.1, 0.15) is 12.5 Å². The van der Waals surface area contributed by atoms with Crippen molar-refractivity contribution in [2.45, 2.75) is 31.9 Å². The zero-order valence-corrected chi connectivity index (χ0v) is 10.3. The molecule has 1 N–H and O–H groups in total.